The summed E-state index contributed by atoms with van der Waals surface area (Å²) in [5, 5.41) is 0. The summed E-state index contributed by atoms with van der Waals surface area (Å²) < 4.78 is 5.01. The molecule has 4 nitrogen and oxygen atoms in total. The number of carbonyl (C=O) groups excluding carboxylic acids is 2. The molecule has 118 valence electrons. The second-order valence-electron chi connectivity index (χ2n) is 5.16. The van der Waals surface area contributed by atoms with Crippen LogP contribution in [0.5, 0.6) is 0 Å². The summed E-state index contributed by atoms with van der Waals surface area (Å²) in [6.07, 6.45) is 1.50. The number of ether oxygens (including phenoxy) is 1. The number of Topliss-reactive ketones (excluding diaryl/α,β-unsaturated/α-hetero) is 1. The molecular formula is C20H15NO3. The van der Waals surface area contributed by atoms with E-state index in [4.69, 9.17) is 4.74 Å². The monoisotopic (exact) mass is 317 g/mol. The highest BCUT2D eigenvalue weighted by Gasteiger charge is 2.12. The number of esters is 1. The summed E-state index contributed by atoms with van der Waals surface area (Å²) in [7, 11) is 0. The summed E-state index contributed by atoms with van der Waals surface area (Å²) in [4.78, 5) is 27.8. The van der Waals surface area contributed by atoms with Crippen LogP contribution < -0.4 is 0 Å². The van der Waals surface area contributed by atoms with Crippen molar-refractivity contribution < 1.29 is 14.3 Å². The van der Waals surface area contributed by atoms with Gasteiger partial charge in [0.1, 0.15) is 5.69 Å². The number of ketones is 1. The Bertz CT molecular complexity index is 828. The normalized spacial score (nSPS) is 10.2. The highest BCUT2D eigenvalue weighted by Crippen LogP contribution is 2.19. The van der Waals surface area contributed by atoms with Gasteiger partial charge >= 0.3 is 5.97 Å². The van der Waals surface area contributed by atoms with E-state index in [1.54, 1.807) is 30.3 Å². The average molecular weight is 317 g/mol. The van der Waals surface area contributed by atoms with Crippen LogP contribution in [0.3, 0.4) is 0 Å². The molecule has 0 aliphatic heterocycles. The van der Waals surface area contributed by atoms with E-state index in [2.05, 4.69) is 4.98 Å². The van der Waals surface area contributed by atoms with Crippen molar-refractivity contribution in [3.8, 4) is 11.1 Å². The molecule has 1 aromatic heterocycles. The maximum atomic E-state index is 12.1. The number of rotatable bonds is 5. The van der Waals surface area contributed by atoms with E-state index in [9.17, 15) is 9.59 Å². The van der Waals surface area contributed by atoms with E-state index < -0.39 is 5.97 Å². The molecule has 24 heavy (non-hydrogen) atoms. The summed E-state index contributed by atoms with van der Waals surface area (Å²) in [6, 6.07) is 22.1. The fourth-order valence-electron chi connectivity index (χ4n) is 2.25. The molecule has 0 atom stereocenters. The van der Waals surface area contributed by atoms with Gasteiger partial charge in [0.25, 0.3) is 0 Å². The fourth-order valence-corrected chi connectivity index (χ4v) is 2.25. The van der Waals surface area contributed by atoms with Gasteiger partial charge in [0, 0.05) is 11.8 Å². The molecular weight excluding hydrogens is 302 g/mol. The summed E-state index contributed by atoms with van der Waals surface area (Å²) >= 11 is 0. The molecule has 2 aromatic carbocycles. The highest BCUT2D eigenvalue weighted by atomic mass is 16.5. The van der Waals surface area contributed by atoms with Gasteiger partial charge in [-0.25, -0.2) is 9.78 Å². The van der Waals surface area contributed by atoms with Crippen LogP contribution in [0.1, 0.15) is 20.8 Å². The average Bonchev–Trinajstić information content (AvgIpc) is 2.67. The van der Waals surface area contributed by atoms with Crippen molar-refractivity contribution in [1.29, 1.82) is 0 Å². The third-order valence-corrected chi connectivity index (χ3v) is 3.52. The Hall–Kier alpha value is -3.27. The number of hydrogen-bond acceptors (Lipinski definition) is 4. The van der Waals surface area contributed by atoms with E-state index in [0.29, 0.717) is 5.56 Å². The zero-order valence-electron chi connectivity index (χ0n) is 12.9. The van der Waals surface area contributed by atoms with E-state index in [1.807, 2.05) is 42.5 Å². The zero-order chi connectivity index (χ0) is 16.8. The van der Waals surface area contributed by atoms with Crippen LogP contribution in [0.4, 0.5) is 0 Å². The van der Waals surface area contributed by atoms with Crippen LogP contribution in [-0.4, -0.2) is 23.3 Å². The molecule has 0 saturated carbocycles. The lowest BCUT2D eigenvalue weighted by molar-refractivity contribution is 0.0469. The third kappa shape index (κ3) is 3.73. The third-order valence-electron chi connectivity index (χ3n) is 3.52. The first kappa shape index (κ1) is 15.6. The fraction of sp³-hybridized carbons (Fsp3) is 0.0500. The van der Waals surface area contributed by atoms with Gasteiger partial charge in [0.2, 0.25) is 0 Å². The van der Waals surface area contributed by atoms with Crippen molar-refractivity contribution in [2.24, 2.45) is 0 Å². The molecule has 3 rings (SSSR count). The smallest absolute Gasteiger partial charge is 0.357 e. The summed E-state index contributed by atoms with van der Waals surface area (Å²) in [5.41, 5.74) is 2.80. The SMILES string of the molecule is O=C(COC(=O)c1ccccn1)c1ccc(-c2ccccc2)cc1. The van der Waals surface area contributed by atoms with Crippen molar-refractivity contribution >= 4 is 11.8 Å². The number of nitrogens with zero attached hydrogens (tertiary/aromatic N) is 1. The first-order chi connectivity index (χ1) is 11.7. The standard InChI is InChI=1S/C20H15NO3/c22-19(14-24-20(23)18-8-4-5-13-21-18)17-11-9-16(10-12-17)15-6-2-1-3-7-15/h1-13H,14H2. The van der Waals surface area contributed by atoms with E-state index in [1.165, 1.54) is 6.20 Å². The summed E-state index contributed by atoms with van der Waals surface area (Å²) in [5.74, 6) is -0.858. The van der Waals surface area contributed by atoms with Gasteiger partial charge in [-0.05, 0) is 23.3 Å². The molecule has 0 aliphatic carbocycles. The topological polar surface area (TPSA) is 56.3 Å². The van der Waals surface area contributed by atoms with E-state index >= 15 is 0 Å². The molecule has 0 saturated heterocycles. The molecule has 0 bridgehead atoms. The van der Waals surface area contributed by atoms with Crippen LogP contribution >= 0.6 is 0 Å². The maximum absolute atomic E-state index is 12.1. The minimum Gasteiger partial charge on any atom is -0.453 e. The van der Waals surface area contributed by atoms with Crippen molar-refractivity contribution in [3.05, 3.63) is 90.3 Å². The molecule has 0 aliphatic rings. The second-order valence-corrected chi connectivity index (χ2v) is 5.16. The van der Waals surface area contributed by atoms with Crippen molar-refractivity contribution in [2.75, 3.05) is 6.61 Å². The second kappa shape index (κ2) is 7.33. The first-order valence-electron chi connectivity index (χ1n) is 7.51. The minimum absolute atomic E-state index is 0.185. The first-order valence-corrected chi connectivity index (χ1v) is 7.51. The van der Waals surface area contributed by atoms with Gasteiger partial charge in [-0.3, -0.25) is 4.79 Å². The lowest BCUT2D eigenvalue weighted by atomic mass is 10.0. The van der Waals surface area contributed by atoms with Gasteiger partial charge < -0.3 is 4.74 Å². The number of pyridine rings is 1. The maximum Gasteiger partial charge on any atom is 0.357 e. The lowest BCUT2D eigenvalue weighted by Gasteiger charge is -2.05. The molecule has 0 unspecified atom stereocenters. The predicted molar refractivity (Wildman–Crippen MR) is 90.7 cm³/mol. The molecule has 3 aromatic rings. The van der Waals surface area contributed by atoms with Gasteiger partial charge in [-0.1, -0.05) is 60.7 Å². The predicted octanol–water partition coefficient (Wildman–Crippen LogP) is 3.79. The summed E-state index contributed by atoms with van der Waals surface area (Å²) in [6.45, 7) is -0.305. The molecule has 0 fully saturated rings. The molecule has 0 N–H and O–H groups in total. The van der Waals surface area contributed by atoms with Crippen LogP contribution in [0.25, 0.3) is 11.1 Å². The Kier molecular flexibility index (Phi) is 4.77. The Morgan fingerprint density at radius 1 is 0.792 bits per heavy atom. The zero-order valence-corrected chi connectivity index (χ0v) is 12.9. The van der Waals surface area contributed by atoms with Crippen LogP contribution in [0.2, 0.25) is 0 Å². The Balaban J connectivity index is 1.62. The van der Waals surface area contributed by atoms with Gasteiger partial charge in [-0.15, -0.1) is 0 Å². The molecule has 4 heteroatoms. The molecule has 0 spiro atoms. The largest absolute Gasteiger partial charge is 0.453 e. The van der Waals surface area contributed by atoms with Gasteiger partial charge in [-0.2, -0.15) is 0 Å². The van der Waals surface area contributed by atoms with Crippen LogP contribution in [0.15, 0.2) is 79.0 Å². The Morgan fingerprint density at radius 2 is 1.46 bits per heavy atom. The quantitative estimate of drug-likeness (QED) is 0.531. The lowest BCUT2D eigenvalue weighted by Crippen LogP contribution is -2.15. The van der Waals surface area contributed by atoms with Crippen molar-refractivity contribution in [3.63, 3.8) is 0 Å². The molecule has 0 radical (unpaired) electrons. The van der Waals surface area contributed by atoms with Crippen molar-refractivity contribution in [1.82, 2.24) is 4.98 Å². The number of hydrogen-bond donors (Lipinski definition) is 0. The van der Waals surface area contributed by atoms with E-state index in [-0.39, 0.29) is 18.1 Å². The highest BCUT2D eigenvalue weighted by molar-refractivity contribution is 5.99. The van der Waals surface area contributed by atoms with Crippen molar-refractivity contribution in [2.45, 2.75) is 0 Å². The van der Waals surface area contributed by atoms with Gasteiger partial charge in [0.05, 0.1) is 0 Å². The van der Waals surface area contributed by atoms with Gasteiger partial charge in [0.15, 0.2) is 12.4 Å². The van der Waals surface area contributed by atoms with Crippen LogP contribution in [0, 0.1) is 0 Å². The number of carbonyl (C=O) groups is 2. The molecule has 0 amide bonds. The Morgan fingerprint density at radius 3 is 2.12 bits per heavy atom. The number of benzene rings is 2. The van der Waals surface area contributed by atoms with E-state index in [0.717, 1.165) is 11.1 Å². The number of aromatic nitrogens is 1. The van der Waals surface area contributed by atoms with Crippen LogP contribution in [-0.2, 0) is 4.74 Å². The molecule has 1 heterocycles. The minimum atomic E-state index is -0.607. The Labute approximate surface area is 139 Å².